The number of rotatable bonds is 9. The SMILES string of the molecule is CN=C(NCCCc1nnc(SC)n1CC(C)C)NCC1CCCOC1C(C)(C)C.I. The van der Waals surface area contributed by atoms with Crippen LogP contribution in [0, 0.1) is 17.3 Å². The van der Waals surface area contributed by atoms with E-state index in [0.29, 0.717) is 11.8 Å². The van der Waals surface area contributed by atoms with Gasteiger partial charge in [0.15, 0.2) is 11.1 Å². The van der Waals surface area contributed by atoms with Crippen LogP contribution in [0.25, 0.3) is 0 Å². The molecule has 1 aromatic rings. The summed E-state index contributed by atoms with van der Waals surface area (Å²) >= 11 is 1.66. The number of guanidine groups is 1. The zero-order valence-electron chi connectivity index (χ0n) is 20.4. The monoisotopic (exact) mass is 566 g/mol. The van der Waals surface area contributed by atoms with Gasteiger partial charge in [-0.2, -0.15) is 0 Å². The van der Waals surface area contributed by atoms with Gasteiger partial charge in [0.2, 0.25) is 0 Å². The molecule has 2 N–H and O–H groups in total. The van der Waals surface area contributed by atoms with Crippen molar-refractivity contribution in [2.75, 3.05) is 33.0 Å². The van der Waals surface area contributed by atoms with E-state index in [1.54, 1.807) is 11.8 Å². The fourth-order valence-corrected chi connectivity index (χ4v) is 4.64. The molecule has 180 valence electrons. The van der Waals surface area contributed by atoms with Crippen molar-refractivity contribution in [1.82, 2.24) is 25.4 Å². The van der Waals surface area contributed by atoms with E-state index < -0.39 is 0 Å². The first-order chi connectivity index (χ1) is 14.3. The predicted molar refractivity (Wildman–Crippen MR) is 142 cm³/mol. The van der Waals surface area contributed by atoms with Crippen LogP contribution in [-0.2, 0) is 17.7 Å². The van der Waals surface area contributed by atoms with Gasteiger partial charge in [0.1, 0.15) is 5.82 Å². The fourth-order valence-electron chi connectivity index (χ4n) is 4.11. The lowest BCUT2D eigenvalue weighted by Gasteiger charge is -2.40. The molecular weight excluding hydrogens is 523 g/mol. The van der Waals surface area contributed by atoms with Crippen LogP contribution in [0.4, 0.5) is 0 Å². The van der Waals surface area contributed by atoms with E-state index in [4.69, 9.17) is 4.74 Å². The first-order valence-electron chi connectivity index (χ1n) is 11.3. The van der Waals surface area contributed by atoms with Gasteiger partial charge < -0.3 is 19.9 Å². The smallest absolute Gasteiger partial charge is 0.190 e. The maximum absolute atomic E-state index is 6.10. The van der Waals surface area contributed by atoms with Crippen molar-refractivity contribution >= 4 is 41.7 Å². The van der Waals surface area contributed by atoms with Gasteiger partial charge >= 0.3 is 0 Å². The first kappa shape index (κ1) is 28.5. The van der Waals surface area contributed by atoms with E-state index in [0.717, 1.165) is 62.4 Å². The highest BCUT2D eigenvalue weighted by Gasteiger charge is 2.35. The highest BCUT2D eigenvalue weighted by atomic mass is 127. The van der Waals surface area contributed by atoms with Gasteiger partial charge in [-0.3, -0.25) is 4.99 Å². The number of halogens is 1. The second kappa shape index (κ2) is 13.9. The molecule has 1 fully saturated rings. The number of aromatic nitrogens is 3. The minimum Gasteiger partial charge on any atom is -0.377 e. The Bertz CT molecular complexity index is 673. The Morgan fingerprint density at radius 3 is 2.65 bits per heavy atom. The Hall–Kier alpha value is -0.550. The normalized spacial score (nSPS) is 19.9. The van der Waals surface area contributed by atoms with E-state index in [-0.39, 0.29) is 35.5 Å². The van der Waals surface area contributed by atoms with Crippen molar-refractivity contribution in [2.24, 2.45) is 22.2 Å². The number of hydrogen-bond acceptors (Lipinski definition) is 5. The molecule has 0 radical (unpaired) electrons. The topological polar surface area (TPSA) is 76.4 Å². The summed E-state index contributed by atoms with van der Waals surface area (Å²) in [7, 11) is 1.83. The van der Waals surface area contributed by atoms with E-state index in [1.165, 1.54) is 6.42 Å². The van der Waals surface area contributed by atoms with E-state index in [9.17, 15) is 0 Å². The molecule has 0 aliphatic carbocycles. The van der Waals surface area contributed by atoms with Gasteiger partial charge in [-0.25, -0.2) is 0 Å². The number of hydrogen-bond donors (Lipinski definition) is 2. The van der Waals surface area contributed by atoms with Crippen LogP contribution >= 0.6 is 35.7 Å². The summed E-state index contributed by atoms with van der Waals surface area (Å²) in [6, 6.07) is 0. The molecule has 0 aromatic carbocycles. The van der Waals surface area contributed by atoms with E-state index in [2.05, 4.69) is 71.3 Å². The lowest BCUT2D eigenvalue weighted by molar-refractivity contribution is -0.0835. The van der Waals surface area contributed by atoms with Crippen molar-refractivity contribution in [3.8, 4) is 0 Å². The van der Waals surface area contributed by atoms with Crippen molar-refractivity contribution in [2.45, 2.75) is 78.1 Å². The average Bonchev–Trinajstić information content (AvgIpc) is 3.07. The first-order valence-corrected chi connectivity index (χ1v) is 12.5. The van der Waals surface area contributed by atoms with E-state index >= 15 is 0 Å². The Kier molecular flexibility index (Phi) is 12.7. The Morgan fingerprint density at radius 1 is 1.29 bits per heavy atom. The largest absolute Gasteiger partial charge is 0.377 e. The summed E-state index contributed by atoms with van der Waals surface area (Å²) in [6.45, 7) is 14.8. The molecule has 0 bridgehead atoms. The highest BCUT2D eigenvalue weighted by molar-refractivity contribution is 14.0. The minimum absolute atomic E-state index is 0. The highest BCUT2D eigenvalue weighted by Crippen LogP contribution is 2.33. The second-order valence-corrected chi connectivity index (χ2v) is 10.4. The molecular formula is C22H43IN6OS. The lowest BCUT2D eigenvalue weighted by atomic mass is 9.78. The summed E-state index contributed by atoms with van der Waals surface area (Å²) in [6.07, 6.45) is 6.59. The van der Waals surface area contributed by atoms with Crippen LogP contribution in [0.5, 0.6) is 0 Å². The quantitative estimate of drug-likeness (QED) is 0.153. The number of thioether (sulfide) groups is 1. The van der Waals surface area contributed by atoms with Gasteiger partial charge in [0.05, 0.1) is 6.10 Å². The summed E-state index contributed by atoms with van der Waals surface area (Å²) < 4.78 is 8.36. The molecule has 31 heavy (non-hydrogen) atoms. The Morgan fingerprint density at radius 2 is 2.03 bits per heavy atom. The molecule has 0 amide bonds. The molecule has 2 rings (SSSR count). The molecule has 1 aromatic heterocycles. The molecule has 9 heteroatoms. The van der Waals surface area contributed by atoms with E-state index in [1.807, 2.05) is 7.05 Å². The second-order valence-electron chi connectivity index (χ2n) is 9.65. The Labute approximate surface area is 210 Å². The molecule has 1 aliphatic rings. The van der Waals surface area contributed by atoms with Gasteiger partial charge in [-0.05, 0) is 36.9 Å². The Balaban J connectivity index is 0.00000480. The number of nitrogens with one attached hydrogen (secondary N) is 2. The van der Waals surface area contributed by atoms with Crippen molar-refractivity contribution in [3.05, 3.63) is 5.82 Å². The molecule has 0 saturated carbocycles. The standard InChI is InChI=1S/C22H42N6OS.HI/c1-16(2)15-28-18(26-27-21(28)30-7)11-8-12-24-20(23-6)25-14-17-10-9-13-29-19(17)22(3,4)5;/h16-17,19H,8-15H2,1-7H3,(H2,23,24,25);1H. The fraction of sp³-hybridized carbons (Fsp3) is 0.864. The molecule has 7 nitrogen and oxygen atoms in total. The third-order valence-corrected chi connectivity index (χ3v) is 6.11. The number of aryl methyl sites for hydroxylation is 1. The summed E-state index contributed by atoms with van der Waals surface area (Å²) in [4.78, 5) is 4.40. The molecule has 2 atom stereocenters. The van der Waals surface area contributed by atoms with Crippen LogP contribution in [0.3, 0.4) is 0 Å². The van der Waals surface area contributed by atoms with Crippen LogP contribution in [0.2, 0.25) is 0 Å². The van der Waals surface area contributed by atoms with Gasteiger partial charge in [-0.1, -0.05) is 46.4 Å². The van der Waals surface area contributed by atoms with Gasteiger partial charge in [-0.15, -0.1) is 34.2 Å². The van der Waals surface area contributed by atoms with Gasteiger partial charge in [0.25, 0.3) is 0 Å². The van der Waals surface area contributed by atoms with Crippen LogP contribution in [0.1, 0.15) is 59.7 Å². The number of ether oxygens (including phenoxy) is 1. The number of nitrogens with zero attached hydrogens (tertiary/aromatic N) is 4. The molecule has 0 spiro atoms. The van der Waals surface area contributed by atoms with Crippen molar-refractivity contribution in [1.29, 1.82) is 0 Å². The third-order valence-electron chi connectivity index (χ3n) is 5.45. The third kappa shape index (κ3) is 9.07. The molecule has 1 saturated heterocycles. The predicted octanol–water partition coefficient (Wildman–Crippen LogP) is 4.21. The van der Waals surface area contributed by atoms with Crippen molar-refractivity contribution < 1.29 is 4.74 Å². The van der Waals surface area contributed by atoms with Crippen LogP contribution < -0.4 is 10.6 Å². The zero-order chi connectivity index (χ0) is 22.1. The average molecular weight is 567 g/mol. The maximum atomic E-state index is 6.10. The minimum atomic E-state index is 0. The zero-order valence-corrected chi connectivity index (χ0v) is 23.5. The van der Waals surface area contributed by atoms with Gasteiger partial charge in [0, 0.05) is 45.6 Å². The molecule has 1 aliphatic heterocycles. The summed E-state index contributed by atoms with van der Waals surface area (Å²) in [5.74, 6) is 3.02. The molecule has 2 unspecified atom stereocenters. The molecule has 2 heterocycles. The van der Waals surface area contributed by atoms with Crippen molar-refractivity contribution in [3.63, 3.8) is 0 Å². The number of aliphatic imine (C=N–C) groups is 1. The van der Waals surface area contributed by atoms with Crippen LogP contribution in [0.15, 0.2) is 10.1 Å². The summed E-state index contributed by atoms with van der Waals surface area (Å²) in [5.41, 5.74) is 0.158. The summed E-state index contributed by atoms with van der Waals surface area (Å²) in [5, 5.41) is 16.7. The van der Waals surface area contributed by atoms with Crippen LogP contribution in [-0.4, -0.2) is 59.8 Å². The maximum Gasteiger partial charge on any atom is 0.190 e. The lowest BCUT2D eigenvalue weighted by Crippen LogP contribution is -2.47.